The zero-order valence-electron chi connectivity index (χ0n) is 13.7. The third kappa shape index (κ3) is 5.92. The Kier molecular flexibility index (Phi) is 7.78. The molecule has 2 aromatic rings. The minimum atomic E-state index is -0.604. The van der Waals surface area contributed by atoms with E-state index in [1.807, 2.05) is 0 Å². The van der Waals surface area contributed by atoms with Crippen LogP contribution >= 0.6 is 34.8 Å². The van der Waals surface area contributed by atoms with Crippen molar-refractivity contribution in [2.75, 3.05) is 32.2 Å². The van der Waals surface area contributed by atoms with Gasteiger partial charge in [0.05, 0.1) is 21.7 Å². The number of anilines is 1. The molecule has 2 rings (SSSR count). The van der Waals surface area contributed by atoms with Crippen molar-refractivity contribution in [3.8, 4) is 11.5 Å². The van der Waals surface area contributed by atoms with Gasteiger partial charge in [-0.2, -0.15) is 0 Å². The van der Waals surface area contributed by atoms with Gasteiger partial charge < -0.3 is 19.5 Å². The van der Waals surface area contributed by atoms with E-state index in [1.54, 1.807) is 0 Å². The van der Waals surface area contributed by atoms with Gasteiger partial charge in [0, 0.05) is 24.9 Å². The monoisotopic (exact) mass is 421 g/mol. The number of rotatable bonds is 8. The Morgan fingerprint density at radius 2 is 1.73 bits per heavy atom. The first-order valence-corrected chi connectivity index (χ1v) is 8.52. The number of carbonyl (C=O) groups is 1. The fourth-order valence-corrected chi connectivity index (χ4v) is 2.48. The predicted octanol–water partition coefficient (Wildman–Crippen LogP) is 4.83. The number of halogens is 4. The van der Waals surface area contributed by atoms with Gasteiger partial charge in [0.1, 0.15) is 12.4 Å². The summed E-state index contributed by atoms with van der Waals surface area (Å²) in [5.74, 6) is -0.824. The Morgan fingerprint density at radius 3 is 2.42 bits per heavy atom. The SMILES string of the molecule is COCCOc1ccc(NC(=O)COc2cc(Cl)c(Cl)cc2Cl)cc1F. The summed E-state index contributed by atoms with van der Waals surface area (Å²) < 4.78 is 29.3. The van der Waals surface area contributed by atoms with E-state index >= 15 is 0 Å². The predicted molar refractivity (Wildman–Crippen MR) is 99.4 cm³/mol. The molecule has 0 aliphatic heterocycles. The average molecular weight is 423 g/mol. The van der Waals surface area contributed by atoms with E-state index in [1.165, 1.54) is 31.4 Å². The fourth-order valence-electron chi connectivity index (χ4n) is 1.89. The van der Waals surface area contributed by atoms with E-state index in [4.69, 9.17) is 49.0 Å². The van der Waals surface area contributed by atoms with E-state index in [2.05, 4.69) is 5.32 Å². The van der Waals surface area contributed by atoms with Crippen LogP contribution in [0.15, 0.2) is 30.3 Å². The molecule has 0 bridgehead atoms. The van der Waals surface area contributed by atoms with Crippen LogP contribution in [-0.4, -0.2) is 32.8 Å². The maximum absolute atomic E-state index is 13.9. The Morgan fingerprint density at radius 1 is 1.00 bits per heavy atom. The molecule has 1 N–H and O–H groups in total. The van der Waals surface area contributed by atoms with Crippen LogP contribution in [0.1, 0.15) is 0 Å². The second kappa shape index (κ2) is 9.83. The lowest BCUT2D eigenvalue weighted by atomic mass is 10.3. The lowest BCUT2D eigenvalue weighted by Gasteiger charge is -2.11. The molecule has 5 nitrogen and oxygen atoms in total. The molecule has 0 aliphatic carbocycles. The van der Waals surface area contributed by atoms with Crippen LogP contribution in [-0.2, 0) is 9.53 Å². The summed E-state index contributed by atoms with van der Waals surface area (Å²) in [6, 6.07) is 6.89. The van der Waals surface area contributed by atoms with Crippen LogP contribution in [0.3, 0.4) is 0 Å². The Bertz CT molecular complexity index is 789. The van der Waals surface area contributed by atoms with Crippen LogP contribution in [0.4, 0.5) is 10.1 Å². The van der Waals surface area contributed by atoms with Gasteiger partial charge in [0.15, 0.2) is 18.2 Å². The molecular weight excluding hydrogens is 408 g/mol. The number of carbonyl (C=O) groups excluding carboxylic acids is 1. The zero-order chi connectivity index (χ0) is 19.1. The quantitative estimate of drug-likeness (QED) is 0.489. The normalized spacial score (nSPS) is 10.5. The summed E-state index contributed by atoms with van der Waals surface area (Å²) in [7, 11) is 1.52. The number of amides is 1. The van der Waals surface area contributed by atoms with Crippen LogP contribution in [0.5, 0.6) is 11.5 Å². The molecule has 0 heterocycles. The molecule has 1 amide bonds. The van der Waals surface area contributed by atoms with Gasteiger partial charge in [-0.3, -0.25) is 4.79 Å². The largest absolute Gasteiger partial charge is 0.488 e. The molecule has 0 fully saturated rings. The second-order valence-corrected chi connectivity index (χ2v) is 6.24. The molecular formula is C17H15Cl3FNO4. The summed E-state index contributed by atoms with van der Waals surface area (Å²) in [5, 5.41) is 3.25. The highest BCUT2D eigenvalue weighted by molar-refractivity contribution is 6.43. The van der Waals surface area contributed by atoms with E-state index < -0.39 is 11.7 Å². The van der Waals surface area contributed by atoms with Crippen LogP contribution in [0.2, 0.25) is 15.1 Å². The first-order valence-electron chi connectivity index (χ1n) is 7.39. The molecule has 0 saturated heterocycles. The van der Waals surface area contributed by atoms with Crippen molar-refractivity contribution >= 4 is 46.4 Å². The van der Waals surface area contributed by atoms with Crippen molar-refractivity contribution in [3.05, 3.63) is 51.2 Å². The molecule has 0 radical (unpaired) electrons. The minimum absolute atomic E-state index is 0.0684. The zero-order valence-corrected chi connectivity index (χ0v) is 15.9. The molecule has 0 aromatic heterocycles. The minimum Gasteiger partial charge on any atom is -0.488 e. The molecule has 0 saturated carbocycles. The van der Waals surface area contributed by atoms with Crippen LogP contribution in [0, 0.1) is 5.82 Å². The van der Waals surface area contributed by atoms with E-state index in [0.29, 0.717) is 6.61 Å². The topological polar surface area (TPSA) is 56.8 Å². The van der Waals surface area contributed by atoms with Crippen LogP contribution < -0.4 is 14.8 Å². The molecule has 0 aliphatic rings. The van der Waals surface area contributed by atoms with Crippen molar-refractivity contribution < 1.29 is 23.4 Å². The van der Waals surface area contributed by atoms with E-state index in [0.717, 1.165) is 6.07 Å². The number of methoxy groups -OCH3 is 1. The Hall–Kier alpha value is -1.73. The third-order valence-electron chi connectivity index (χ3n) is 3.09. The lowest BCUT2D eigenvalue weighted by molar-refractivity contribution is -0.118. The number of nitrogens with one attached hydrogen (secondary N) is 1. The first kappa shape index (κ1) is 20.6. The fraction of sp³-hybridized carbons (Fsp3) is 0.235. The standard InChI is InChI=1S/C17H15Cl3FNO4/c1-24-4-5-25-15-3-2-10(6-14(15)21)22-17(23)9-26-16-8-12(19)11(18)7-13(16)20/h2-3,6-8H,4-5,9H2,1H3,(H,22,23). The van der Waals surface area contributed by atoms with Crippen molar-refractivity contribution in [3.63, 3.8) is 0 Å². The Balaban J connectivity index is 1.91. The number of hydrogen-bond donors (Lipinski definition) is 1. The highest BCUT2D eigenvalue weighted by Crippen LogP contribution is 2.33. The smallest absolute Gasteiger partial charge is 0.262 e. The van der Waals surface area contributed by atoms with Crippen molar-refractivity contribution in [1.29, 1.82) is 0 Å². The van der Waals surface area contributed by atoms with E-state index in [-0.39, 0.29) is 45.5 Å². The van der Waals surface area contributed by atoms with Gasteiger partial charge >= 0.3 is 0 Å². The number of benzene rings is 2. The van der Waals surface area contributed by atoms with Gasteiger partial charge in [0.2, 0.25) is 0 Å². The molecule has 0 spiro atoms. The summed E-state index contributed by atoms with van der Waals surface area (Å²) in [5.41, 5.74) is 0.260. The molecule has 140 valence electrons. The maximum Gasteiger partial charge on any atom is 0.262 e. The number of hydrogen-bond acceptors (Lipinski definition) is 4. The first-order chi connectivity index (χ1) is 12.4. The molecule has 2 aromatic carbocycles. The summed E-state index contributed by atoms with van der Waals surface area (Å²) in [6.07, 6.45) is 0. The summed E-state index contributed by atoms with van der Waals surface area (Å²) in [6.45, 7) is 0.218. The van der Waals surface area contributed by atoms with Gasteiger partial charge in [-0.05, 0) is 18.2 Å². The van der Waals surface area contributed by atoms with Crippen molar-refractivity contribution in [2.45, 2.75) is 0 Å². The Labute approximate surface area is 164 Å². The average Bonchev–Trinajstić information content (AvgIpc) is 2.59. The van der Waals surface area contributed by atoms with Gasteiger partial charge in [-0.25, -0.2) is 4.39 Å². The molecule has 9 heteroatoms. The molecule has 26 heavy (non-hydrogen) atoms. The van der Waals surface area contributed by atoms with Crippen molar-refractivity contribution in [1.82, 2.24) is 0 Å². The number of ether oxygens (including phenoxy) is 3. The third-order valence-corrected chi connectivity index (χ3v) is 4.11. The highest BCUT2D eigenvalue weighted by Gasteiger charge is 2.11. The summed E-state index contributed by atoms with van der Waals surface area (Å²) >= 11 is 17.7. The second-order valence-electron chi connectivity index (χ2n) is 5.02. The maximum atomic E-state index is 13.9. The molecule has 0 unspecified atom stereocenters. The van der Waals surface area contributed by atoms with E-state index in [9.17, 15) is 9.18 Å². The highest BCUT2D eigenvalue weighted by atomic mass is 35.5. The van der Waals surface area contributed by atoms with Gasteiger partial charge in [0.25, 0.3) is 5.91 Å². The van der Waals surface area contributed by atoms with Crippen LogP contribution in [0.25, 0.3) is 0 Å². The van der Waals surface area contributed by atoms with Gasteiger partial charge in [-0.15, -0.1) is 0 Å². The lowest BCUT2D eigenvalue weighted by Crippen LogP contribution is -2.20. The van der Waals surface area contributed by atoms with Gasteiger partial charge in [-0.1, -0.05) is 34.8 Å². The molecule has 0 atom stereocenters. The summed E-state index contributed by atoms with van der Waals surface area (Å²) in [4.78, 5) is 11.9. The van der Waals surface area contributed by atoms with Crippen molar-refractivity contribution in [2.24, 2.45) is 0 Å².